The molecule has 3 rings (SSSR count). The second-order valence-electron chi connectivity index (χ2n) is 5.43. The Bertz CT molecular complexity index is 637. The molecule has 1 atom stereocenters. The van der Waals surface area contributed by atoms with Crippen LogP contribution in [0.5, 0.6) is 0 Å². The van der Waals surface area contributed by atoms with Gasteiger partial charge in [-0.1, -0.05) is 18.2 Å². The Labute approximate surface area is 117 Å². The lowest BCUT2D eigenvalue weighted by Gasteiger charge is -2.14. The summed E-state index contributed by atoms with van der Waals surface area (Å²) in [6.07, 6.45) is 3.71. The summed E-state index contributed by atoms with van der Waals surface area (Å²) in [5, 5.41) is 0. The first-order chi connectivity index (χ1) is 9.63. The van der Waals surface area contributed by atoms with Crippen molar-refractivity contribution >= 4 is 0 Å². The van der Waals surface area contributed by atoms with E-state index in [0.717, 1.165) is 30.5 Å². The first-order valence-electron chi connectivity index (χ1n) is 6.94. The molecule has 2 N–H and O–H groups in total. The van der Waals surface area contributed by atoms with Crippen molar-refractivity contribution in [2.24, 2.45) is 5.73 Å². The average Bonchev–Trinajstić information content (AvgIpc) is 2.90. The zero-order valence-corrected chi connectivity index (χ0v) is 11.2. The molecule has 1 aliphatic rings. The summed E-state index contributed by atoms with van der Waals surface area (Å²) in [7, 11) is 0. The third kappa shape index (κ3) is 2.59. The van der Waals surface area contributed by atoms with Crippen LogP contribution in [0.2, 0.25) is 0 Å². The molecule has 3 heteroatoms. The fraction of sp³-hybridized carbons (Fsp3) is 0.294. The van der Waals surface area contributed by atoms with E-state index in [4.69, 9.17) is 5.73 Å². The van der Waals surface area contributed by atoms with Gasteiger partial charge >= 0.3 is 0 Å². The molecule has 0 radical (unpaired) electrons. The van der Waals surface area contributed by atoms with Crippen LogP contribution in [0.1, 0.15) is 34.7 Å². The van der Waals surface area contributed by atoms with Crippen molar-refractivity contribution < 1.29 is 8.78 Å². The molecule has 1 nitrogen and oxygen atoms in total. The van der Waals surface area contributed by atoms with Crippen LogP contribution in [-0.4, -0.2) is 0 Å². The summed E-state index contributed by atoms with van der Waals surface area (Å²) in [6, 6.07) is 9.43. The van der Waals surface area contributed by atoms with Crippen LogP contribution in [-0.2, 0) is 19.3 Å². The Balaban J connectivity index is 1.82. The molecule has 104 valence electrons. The van der Waals surface area contributed by atoms with E-state index in [2.05, 4.69) is 12.1 Å². The molecular weight excluding hydrogens is 256 g/mol. The summed E-state index contributed by atoms with van der Waals surface area (Å²) in [6.45, 7) is 0. The predicted octanol–water partition coefficient (Wildman–Crippen LogP) is 3.70. The fourth-order valence-electron chi connectivity index (χ4n) is 2.88. The maximum atomic E-state index is 13.6. The van der Waals surface area contributed by atoms with Crippen molar-refractivity contribution in [2.45, 2.75) is 31.7 Å². The number of nitrogens with two attached hydrogens (primary N) is 1. The molecule has 2 aromatic rings. The van der Waals surface area contributed by atoms with Gasteiger partial charge in [0.25, 0.3) is 0 Å². The minimum atomic E-state index is -0.428. The largest absolute Gasteiger partial charge is 0.324 e. The highest BCUT2D eigenvalue weighted by atomic mass is 19.1. The Morgan fingerprint density at radius 3 is 2.65 bits per heavy atom. The molecule has 0 aromatic heterocycles. The van der Waals surface area contributed by atoms with Crippen LogP contribution < -0.4 is 5.73 Å². The Morgan fingerprint density at radius 2 is 1.80 bits per heavy atom. The standard InChI is InChI=1S/C17H17F2N/c18-15-6-7-16(19)14(9-15)10-17(20)13-5-4-11-2-1-3-12(11)8-13/h4-9,17H,1-3,10,20H2. The second-order valence-corrected chi connectivity index (χ2v) is 5.43. The van der Waals surface area contributed by atoms with E-state index in [1.54, 1.807) is 0 Å². The maximum absolute atomic E-state index is 13.6. The Morgan fingerprint density at radius 1 is 1.00 bits per heavy atom. The smallest absolute Gasteiger partial charge is 0.126 e. The van der Waals surface area contributed by atoms with E-state index in [0.29, 0.717) is 12.0 Å². The van der Waals surface area contributed by atoms with E-state index < -0.39 is 11.6 Å². The minimum absolute atomic E-state index is 0.308. The zero-order chi connectivity index (χ0) is 14.1. The molecular formula is C17H17F2N. The fourth-order valence-corrected chi connectivity index (χ4v) is 2.88. The lowest BCUT2D eigenvalue weighted by Crippen LogP contribution is -2.14. The predicted molar refractivity (Wildman–Crippen MR) is 75.5 cm³/mol. The number of rotatable bonds is 3. The zero-order valence-electron chi connectivity index (χ0n) is 11.2. The molecule has 0 heterocycles. The molecule has 2 aromatic carbocycles. The molecule has 0 fully saturated rings. The third-order valence-electron chi connectivity index (χ3n) is 4.00. The highest BCUT2D eigenvalue weighted by Crippen LogP contribution is 2.26. The van der Waals surface area contributed by atoms with Crippen molar-refractivity contribution in [3.8, 4) is 0 Å². The first kappa shape index (κ1) is 13.3. The summed E-state index contributed by atoms with van der Waals surface area (Å²) >= 11 is 0. The van der Waals surface area contributed by atoms with Gasteiger partial charge in [0.05, 0.1) is 0 Å². The molecule has 0 aliphatic heterocycles. The number of hydrogen-bond acceptors (Lipinski definition) is 1. The highest BCUT2D eigenvalue weighted by Gasteiger charge is 2.15. The number of aryl methyl sites for hydroxylation is 2. The van der Waals surface area contributed by atoms with Gasteiger partial charge in [0, 0.05) is 6.04 Å². The van der Waals surface area contributed by atoms with E-state index >= 15 is 0 Å². The normalized spacial score (nSPS) is 15.2. The number of hydrogen-bond donors (Lipinski definition) is 1. The Hall–Kier alpha value is -1.74. The van der Waals surface area contributed by atoms with Gasteiger partial charge in [-0.05, 0) is 66.1 Å². The van der Waals surface area contributed by atoms with Crippen molar-refractivity contribution in [2.75, 3.05) is 0 Å². The number of benzene rings is 2. The number of fused-ring (bicyclic) bond motifs is 1. The molecule has 1 unspecified atom stereocenters. The van der Waals surface area contributed by atoms with Gasteiger partial charge in [0.15, 0.2) is 0 Å². The van der Waals surface area contributed by atoms with Crippen molar-refractivity contribution in [1.82, 2.24) is 0 Å². The van der Waals surface area contributed by atoms with Gasteiger partial charge in [-0.2, -0.15) is 0 Å². The summed E-state index contributed by atoms with van der Waals surface area (Å²) in [4.78, 5) is 0. The van der Waals surface area contributed by atoms with Crippen LogP contribution in [0.15, 0.2) is 36.4 Å². The first-order valence-corrected chi connectivity index (χ1v) is 6.94. The molecule has 0 amide bonds. The van der Waals surface area contributed by atoms with Crippen LogP contribution in [0, 0.1) is 11.6 Å². The quantitative estimate of drug-likeness (QED) is 0.906. The van der Waals surface area contributed by atoms with Gasteiger partial charge in [-0.3, -0.25) is 0 Å². The SMILES string of the molecule is NC(Cc1cc(F)ccc1F)c1ccc2c(c1)CCC2. The molecule has 0 saturated carbocycles. The second kappa shape index (κ2) is 5.33. The van der Waals surface area contributed by atoms with Crippen molar-refractivity contribution in [1.29, 1.82) is 0 Å². The van der Waals surface area contributed by atoms with Crippen molar-refractivity contribution in [3.63, 3.8) is 0 Å². The van der Waals surface area contributed by atoms with Crippen LogP contribution in [0.3, 0.4) is 0 Å². The lowest BCUT2D eigenvalue weighted by molar-refractivity contribution is 0.572. The van der Waals surface area contributed by atoms with Crippen LogP contribution >= 0.6 is 0 Å². The highest BCUT2D eigenvalue weighted by molar-refractivity contribution is 5.37. The number of halogens is 2. The summed E-state index contributed by atoms with van der Waals surface area (Å²) in [5.41, 5.74) is 10.2. The van der Waals surface area contributed by atoms with Gasteiger partial charge in [-0.25, -0.2) is 8.78 Å². The van der Waals surface area contributed by atoms with Gasteiger partial charge in [0.2, 0.25) is 0 Å². The van der Waals surface area contributed by atoms with E-state index in [1.165, 1.54) is 23.6 Å². The third-order valence-corrected chi connectivity index (χ3v) is 4.00. The summed E-state index contributed by atoms with van der Waals surface area (Å²) in [5.74, 6) is -0.828. The van der Waals surface area contributed by atoms with Crippen LogP contribution in [0.4, 0.5) is 8.78 Å². The van der Waals surface area contributed by atoms with E-state index in [9.17, 15) is 8.78 Å². The summed E-state index contributed by atoms with van der Waals surface area (Å²) < 4.78 is 26.8. The molecule has 0 bridgehead atoms. The van der Waals surface area contributed by atoms with E-state index in [1.807, 2.05) is 6.07 Å². The van der Waals surface area contributed by atoms with Crippen LogP contribution in [0.25, 0.3) is 0 Å². The monoisotopic (exact) mass is 273 g/mol. The van der Waals surface area contributed by atoms with Gasteiger partial charge in [0.1, 0.15) is 11.6 Å². The van der Waals surface area contributed by atoms with E-state index in [-0.39, 0.29) is 6.04 Å². The van der Waals surface area contributed by atoms with Gasteiger partial charge < -0.3 is 5.73 Å². The Kier molecular flexibility index (Phi) is 3.53. The van der Waals surface area contributed by atoms with Crippen molar-refractivity contribution in [3.05, 3.63) is 70.3 Å². The maximum Gasteiger partial charge on any atom is 0.126 e. The van der Waals surface area contributed by atoms with Gasteiger partial charge in [-0.15, -0.1) is 0 Å². The molecule has 0 spiro atoms. The minimum Gasteiger partial charge on any atom is -0.324 e. The molecule has 20 heavy (non-hydrogen) atoms. The molecule has 1 aliphatic carbocycles. The average molecular weight is 273 g/mol. The lowest BCUT2D eigenvalue weighted by atomic mass is 9.96. The molecule has 0 saturated heterocycles. The topological polar surface area (TPSA) is 26.0 Å².